The van der Waals surface area contributed by atoms with Crippen LogP contribution in [0.2, 0.25) is 0 Å². The molecule has 0 aliphatic heterocycles. The lowest BCUT2D eigenvalue weighted by molar-refractivity contribution is -0.148. The SMILES string of the molecule is COCCN(C(=O)[C@@H](N)CC(=O)OCc1ccccc1)C(C)COC. The number of esters is 1. The molecule has 0 fully saturated rings. The van der Waals surface area contributed by atoms with Gasteiger partial charge in [-0.05, 0) is 12.5 Å². The van der Waals surface area contributed by atoms with Crippen molar-refractivity contribution in [3.63, 3.8) is 0 Å². The first kappa shape index (κ1) is 21.1. The topological polar surface area (TPSA) is 91.1 Å². The maximum Gasteiger partial charge on any atom is 0.308 e. The van der Waals surface area contributed by atoms with Crippen LogP contribution in [0.1, 0.15) is 18.9 Å². The van der Waals surface area contributed by atoms with E-state index in [0.29, 0.717) is 19.8 Å². The van der Waals surface area contributed by atoms with Crippen molar-refractivity contribution in [3.05, 3.63) is 35.9 Å². The van der Waals surface area contributed by atoms with Crippen LogP contribution in [0.3, 0.4) is 0 Å². The van der Waals surface area contributed by atoms with Gasteiger partial charge < -0.3 is 24.8 Å². The summed E-state index contributed by atoms with van der Waals surface area (Å²) in [4.78, 5) is 26.1. The fourth-order valence-electron chi connectivity index (χ4n) is 2.35. The maximum atomic E-state index is 12.6. The Morgan fingerprint density at radius 2 is 1.84 bits per heavy atom. The smallest absolute Gasteiger partial charge is 0.308 e. The Labute approximate surface area is 149 Å². The summed E-state index contributed by atoms with van der Waals surface area (Å²) in [6.07, 6.45) is -0.172. The summed E-state index contributed by atoms with van der Waals surface area (Å²) >= 11 is 0. The Morgan fingerprint density at radius 3 is 2.44 bits per heavy atom. The highest BCUT2D eigenvalue weighted by atomic mass is 16.5. The average molecular weight is 352 g/mol. The number of amides is 1. The first-order valence-corrected chi connectivity index (χ1v) is 8.23. The minimum absolute atomic E-state index is 0.161. The van der Waals surface area contributed by atoms with Crippen LogP contribution in [0, 0.1) is 0 Å². The molecular formula is C18H28N2O5. The van der Waals surface area contributed by atoms with Gasteiger partial charge in [0.2, 0.25) is 5.91 Å². The van der Waals surface area contributed by atoms with Gasteiger partial charge in [0.1, 0.15) is 6.61 Å². The van der Waals surface area contributed by atoms with Gasteiger partial charge in [-0.15, -0.1) is 0 Å². The van der Waals surface area contributed by atoms with Crippen molar-refractivity contribution in [2.75, 3.05) is 34.0 Å². The zero-order valence-corrected chi connectivity index (χ0v) is 15.1. The second-order valence-electron chi connectivity index (χ2n) is 5.79. The molecule has 0 saturated carbocycles. The molecule has 0 aliphatic carbocycles. The van der Waals surface area contributed by atoms with Crippen molar-refractivity contribution in [1.82, 2.24) is 4.90 Å². The largest absolute Gasteiger partial charge is 0.461 e. The molecular weight excluding hydrogens is 324 g/mol. The normalized spacial score (nSPS) is 13.1. The lowest BCUT2D eigenvalue weighted by Crippen LogP contribution is -2.51. The minimum Gasteiger partial charge on any atom is -0.461 e. The van der Waals surface area contributed by atoms with Crippen LogP contribution < -0.4 is 5.73 Å². The van der Waals surface area contributed by atoms with Gasteiger partial charge in [0, 0.05) is 20.8 Å². The number of hydrogen-bond donors (Lipinski definition) is 1. The highest BCUT2D eigenvalue weighted by molar-refractivity contribution is 5.86. The monoisotopic (exact) mass is 352 g/mol. The first-order chi connectivity index (χ1) is 12.0. The minimum atomic E-state index is -0.959. The van der Waals surface area contributed by atoms with Crippen molar-refractivity contribution in [3.8, 4) is 0 Å². The van der Waals surface area contributed by atoms with E-state index < -0.39 is 12.0 Å². The van der Waals surface area contributed by atoms with Crippen molar-refractivity contribution in [2.24, 2.45) is 5.73 Å². The van der Waals surface area contributed by atoms with E-state index in [0.717, 1.165) is 5.56 Å². The predicted molar refractivity (Wildman–Crippen MR) is 93.8 cm³/mol. The Balaban J connectivity index is 2.54. The lowest BCUT2D eigenvalue weighted by Gasteiger charge is -2.30. The molecule has 0 bridgehead atoms. The van der Waals surface area contributed by atoms with Crippen LogP contribution in [0.5, 0.6) is 0 Å². The van der Waals surface area contributed by atoms with Crippen LogP contribution in [0.4, 0.5) is 0 Å². The molecule has 1 aromatic rings. The average Bonchev–Trinajstić information content (AvgIpc) is 2.61. The molecule has 0 radical (unpaired) electrons. The van der Waals surface area contributed by atoms with E-state index in [1.54, 1.807) is 19.1 Å². The number of ether oxygens (including phenoxy) is 3. The standard InChI is InChI=1S/C18H28N2O5/c1-14(12-24-3)20(9-10-23-2)18(22)16(19)11-17(21)25-13-15-7-5-4-6-8-15/h4-8,14,16H,9-13,19H2,1-3H3/t14?,16-/m0/s1. The molecule has 1 aromatic carbocycles. The second-order valence-corrected chi connectivity index (χ2v) is 5.79. The van der Waals surface area contributed by atoms with Crippen molar-refractivity contribution >= 4 is 11.9 Å². The van der Waals surface area contributed by atoms with Crippen LogP contribution in [0.15, 0.2) is 30.3 Å². The summed E-state index contributed by atoms with van der Waals surface area (Å²) in [7, 11) is 3.13. The zero-order chi connectivity index (χ0) is 18.7. The fourth-order valence-corrected chi connectivity index (χ4v) is 2.35. The quantitative estimate of drug-likeness (QED) is 0.597. The van der Waals surface area contributed by atoms with E-state index in [2.05, 4.69) is 0 Å². The predicted octanol–water partition coefficient (Wildman–Crippen LogP) is 0.957. The highest BCUT2D eigenvalue weighted by Crippen LogP contribution is 2.07. The lowest BCUT2D eigenvalue weighted by atomic mass is 10.1. The van der Waals surface area contributed by atoms with Crippen LogP contribution in [-0.4, -0.2) is 62.8 Å². The third-order valence-electron chi connectivity index (χ3n) is 3.71. The first-order valence-electron chi connectivity index (χ1n) is 8.23. The molecule has 0 spiro atoms. The Morgan fingerprint density at radius 1 is 1.16 bits per heavy atom. The molecule has 25 heavy (non-hydrogen) atoms. The number of hydrogen-bond acceptors (Lipinski definition) is 6. The molecule has 7 heteroatoms. The molecule has 7 nitrogen and oxygen atoms in total. The number of nitrogens with two attached hydrogens (primary N) is 1. The summed E-state index contributed by atoms with van der Waals surface area (Å²) in [5.41, 5.74) is 6.80. The van der Waals surface area contributed by atoms with E-state index >= 15 is 0 Å². The Kier molecular flexibility index (Phi) is 9.76. The summed E-state index contributed by atoms with van der Waals surface area (Å²) in [6, 6.07) is 8.20. The summed E-state index contributed by atoms with van der Waals surface area (Å²) in [6.45, 7) is 3.16. The second kappa shape index (κ2) is 11.6. The van der Waals surface area contributed by atoms with Crippen LogP contribution >= 0.6 is 0 Å². The van der Waals surface area contributed by atoms with E-state index in [4.69, 9.17) is 19.9 Å². The van der Waals surface area contributed by atoms with Gasteiger partial charge in [-0.2, -0.15) is 0 Å². The molecule has 0 aliphatic rings. The molecule has 1 rings (SSSR count). The van der Waals surface area contributed by atoms with Gasteiger partial charge in [0.15, 0.2) is 0 Å². The fraction of sp³-hybridized carbons (Fsp3) is 0.556. The van der Waals surface area contributed by atoms with Gasteiger partial charge >= 0.3 is 5.97 Å². The molecule has 2 N–H and O–H groups in total. The highest BCUT2D eigenvalue weighted by Gasteiger charge is 2.27. The zero-order valence-electron chi connectivity index (χ0n) is 15.1. The van der Waals surface area contributed by atoms with E-state index in [1.165, 1.54) is 0 Å². The van der Waals surface area contributed by atoms with Crippen molar-refractivity contribution in [2.45, 2.75) is 32.0 Å². The number of benzene rings is 1. The van der Waals surface area contributed by atoms with Gasteiger partial charge in [0.25, 0.3) is 0 Å². The number of rotatable bonds is 11. The molecule has 2 atom stereocenters. The third-order valence-corrected chi connectivity index (χ3v) is 3.71. The van der Waals surface area contributed by atoms with E-state index in [1.807, 2.05) is 37.3 Å². The van der Waals surface area contributed by atoms with E-state index in [-0.39, 0.29) is 25.0 Å². The van der Waals surface area contributed by atoms with E-state index in [9.17, 15) is 9.59 Å². The van der Waals surface area contributed by atoms with Gasteiger partial charge in [0.05, 0.1) is 31.7 Å². The number of nitrogens with zero attached hydrogens (tertiary/aromatic N) is 1. The van der Waals surface area contributed by atoms with Crippen LogP contribution in [0.25, 0.3) is 0 Å². The van der Waals surface area contributed by atoms with Gasteiger partial charge in [-0.25, -0.2) is 0 Å². The molecule has 1 amide bonds. The Hall–Kier alpha value is -1.96. The number of carbonyl (C=O) groups excluding carboxylic acids is 2. The molecule has 140 valence electrons. The number of methoxy groups -OCH3 is 2. The van der Waals surface area contributed by atoms with Gasteiger partial charge in [-0.1, -0.05) is 30.3 Å². The number of carbonyl (C=O) groups is 2. The van der Waals surface area contributed by atoms with Crippen molar-refractivity contribution in [1.29, 1.82) is 0 Å². The van der Waals surface area contributed by atoms with Crippen molar-refractivity contribution < 1.29 is 23.8 Å². The van der Waals surface area contributed by atoms with Crippen LogP contribution in [-0.2, 0) is 30.4 Å². The molecule has 0 saturated heterocycles. The molecule has 0 aromatic heterocycles. The third kappa shape index (κ3) is 7.64. The summed E-state index contributed by atoms with van der Waals surface area (Å²) in [5, 5.41) is 0. The van der Waals surface area contributed by atoms with Gasteiger partial charge in [-0.3, -0.25) is 9.59 Å². The molecule has 0 heterocycles. The maximum absolute atomic E-state index is 12.6. The Bertz CT molecular complexity index is 523. The summed E-state index contributed by atoms with van der Waals surface area (Å²) < 4.78 is 15.3. The summed E-state index contributed by atoms with van der Waals surface area (Å²) in [5.74, 6) is -0.825. The molecule has 1 unspecified atom stereocenters.